The molecule has 0 heterocycles. The first-order valence-corrected chi connectivity index (χ1v) is 36.8. The van der Waals surface area contributed by atoms with E-state index in [1.54, 1.807) is 6.08 Å². The van der Waals surface area contributed by atoms with Gasteiger partial charge >= 0.3 is 0 Å². The van der Waals surface area contributed by atoms with Gasteiger partial charge in [0.05, 0.1) is 39.9 Å². The molecule has 1 amide bonds. The molecule has 0 spiro atoms. The van der Waals surface area contributed by atoms with Crippen LogP contribution in [0.2, 0.25) is 0 Å². The molecule has 0 aliphatic heterocycles. The molecule has 0 fully saturated rings. The maximum atomic E-state index is 13.0. The summed E-state index contributed by atoms with van der Waals surface area (Å²) in [7, 11) is 1.18. The Hall–Kier alpha value is -3.88. The molecule has 0 saturated carbocycles. The molecule has 2 N–H and O–H groups in total. The fourth-order valence-electron chi connectivity index (χ4n) is 9.51. The van der Waals surface area contributed by atoms with Crippen LogP contribution in [0.3, 0.4) is 0 Å². The van der Waals surface area contributed by atoms with Crippen molar-refractivity contribution in [2.24, 2.45) is 0 Å². The van der Waals surface area contributed by atoms with Crippen molar-refractivity contribution in [1.29, 1.82) is 0 Å². The van der Waals surface area contributed by atoms with Gasteiger partial charge in [0.15, 0.2) is 0 Å². The molecular formula is C78H133N2O6P. The fraction of sp³-hybridized carbons (Fsp3) is 0.654. The molecule has 9 heteroatoms. The van der Waals surface area contributed by atoms with Gasteiger partial charge in [-0.15, -0.1) is 0 Å². The van der Waals surface area contributed by atoms with Crippen LogP contribution in [-0.2, 0) is 18.4 Å². The Morgan fingerprint density at radius 2 is 0.713 bits per heavy atom. The van der Waals surface area contributed by atoms with Gasteiger partial charge in [0.25, 0.3) is 7.82 Å². The number of rotatable bonds is 63. The summed E-state index contributed by atoms with van der Waals surface area (Å²) in [4.78, 5) is 25.6. The summed E-state index contributed by atoms with van der Waals surface area (Å²) in [6, 6.07) is -0.948. The topological polar surface area (TPSA) is 108 Å². The summed E-state index contributed by atoms with van der Waals surface area (Å²) in [5.74, 6) is -0.258. The van der Waals surface area contributed by atoms with E-state index in [-0.39, 0.29) is 18.9 Å². The average molecular weight is 1230 g/mol. The number of hydrogen-bond donors (Lipinski definition) is 2. The molecule has 0 aliphatic carbocycles. The van der Waals surface area contributed by atoms with Crippen molar-refractivity contribution >= 4 is 13.7 Å². The van der Waals surface area contributed by atoms with Crippen molar-refractivity contribution < 1.29 is 32.9 Å². The number of carbonyl (C=O) groups is 1. The van der Waals surface area contributed by atoms with Gasteiger partial charge in [-0.3, -0.25) is 9.36 Å². The predicted octanol–water partition coefficient (Wildman–Crippen LogP) is 22.3. The van der Waals surface area contributed by atoms with E-state index in [9.17, 15) is 19.4 Å². The number of carbonyl (C=O) groups excluding carboxylic acids is 1. The van der Waals surface area contributed by atoms with Crippen molar-refractivity contribution in [2.45, 2.75) is 289 Å². The SMILES string of the molecule is CC/C=C\C/C=C\C/C=C\C/C=C\C/C=C\C/C=C\C/C=C\C/C=C\C/C=C\C/C=C\CCCCC(=O)NC(COP(=O)([O-])OCC[N+](C)(C)C)C(O)/C=C/CC/C=C/CC/C=C/CCCCCCCCCCCCCCCCCCCCCCCC. The smallest absolute Gasteiger partial charge is 0.268 e. The Bertz CT molecular complexity index is 1980. The minimum atomic E-state index is -4.64. The fourth-order valence-corrected chi connectivity index (χ4v) is 10.2. The monoisotopic (exact) mass is 1220 g/mol. The quantitative estimate of drug-likeness (QED) is 0.0272. The van der Waals surface area contributed by atoms with Crippen molar-refractivity contribution in [3.05, 3.63) is 158 Å². The zero-order chi connectivity index (χ0) is 63.4. The van der Waals surface area contributed by atoms with Crippen LogP contribution < -0.4 is 10.2 Å². The van der Waals surface area contributed by atoms with Crippen LogP contribution in [0, 0.1) is 0 Å². The standard InChI is InChI=1S/C78H133N2O6P/c1-6-8-10-12-14-16-18-20-22-24-26-28-30-32-34-36-38-40-42-44-46-48-50-52-54-56-58-60-62-64-66-68-70-72-78(82)79-76(75-86-87(83,84)85-74-73-80(3,4)5)77(81)71-69-67-65-63-61-59-57-55-53-51-49-47-45-43-41-39-37-35-33-31-29-27-25-23-21-19-17-15-13-11-9-7-2/h8,10,14,16,20,22,26,28,32,34,38,40,44,46,50,52-53,55-56,58,61-64,69,71,76-77,81H,6-7,9,11-13,15,17-19,21,23-25,27,29-31,33,35-37,39,41-43,45,47-49,51,54,57,59-60,65-68,70,72-75H2,1-5H3,(H-,79,82,83,84)/b10-8-,16-14-,22-20-,28-26-,34-32-,40-38-,46-44-,52-50-,55-53+,58-56-,63-61+,64-62-,71-69+. The minimum Gasteiger partial charge on any atom is -0.756 e. The van der Waals surface area contributed by atoms with E-state index in [1.165, 1.54) is 148 Å². The van der Waals surface area contributed by atoms with Crippen molar-refractivity contribution in [2.75, 3.05) is 40.9 Å². The van der Waals surface area contributed by atoms with Crippen LogP contribution in [0.25, 0.3) is 0 Å². The number of phosphoric ester groups is 1. The lowest BCUT2D eigenvalue weighted by molar-refractivity contribution is -0.870. The van der Waals surface area contributed by atoms with Crippen molar-refractivity contribution in [1.82, 2.24) is 5.32 Å². The first kappa shape index (κ1) is 83.1. The van der Waals surface area contributed by atoms with Crippen LogP contribution in [0.1, 0.15) is 277 Å². The summed E-state index contributed by atoms with van der Waals surface area (Å²) >= 11 is 0. The van der Waals surface area contributed by atoms with E-state index in [4.69, 9.17) is 9.05 Å². The third kappa shape index (κ3) is 69.5. The molecule has 3 atom stereocenters. The summed E-state index contributed by atoms with van der Waals surface area (Å²) in [5, 5.41) is 13.9. The lowest BCUT2D eigenvalue weighted by Gasteiger charge is -2.29. The number of nitrogens with one attached hydrogen (secondary N) is 1. The molecule has 0 aromatic carbocycles. The molecule has 8 nitrogen and oxygen atoms in total. The molecule has 0 aromatic rings. The molecule has 0 rings (SSSR count). The maximum absolute atomic E-state index is 13.0. The van der Waals surface area contributed by atoms with Gasteiger partial charge in [-0.2, -0.15) is 0 Å². The number of quaternary nitrogens is 1. The van der Waals surface area contributed by atoms with E-state index in [0.29, 0.717) is 23.9 Å². The first-order chi connectivity index (χ1) is 42.5. The minimum absolute atomic E-state index is 0.0267. The zero-order valence-electron chi connectivity index (χ0n) is 56.7. The molecule has 3 unspecified atom stereocenters. The van der Waals surface area contributed by atoms with E-state index in [1.807, 2.05) is 27.2 Å². The van der Waals surface area contributed by atoms with Gasteiger partial charge in [0, 0.05) is 6.42 Å². The third-order valence-electron chi connectivity index (χ3n) is 14.9. The van der Waals surface area contributed by atoms with E-state index in [0.717, 1.165) is 96.3 Å². The number of amides is 1. The average Bonchev–Trinajstić information content (AvgIpc) is 3.71. The number of likely N-dealkylation sites (N-methyl/N-ethyl adjacent to an activating group) is 1. The molecule has 0 aliphatic rings. The zero-order valence-corrected chi connectivity index (χ0v) is 57.6. The largest absolute Gasteiger partial charge is 0.756 e. The normalized spacial score (nSPS) is 14.6. The summed E-state index contributed by atoms with van der Waals surface area (Å²) in [6.07, 6.45) is 104. The highest BCUT2D eigenvalue weighted by Gasteiger charge is 2.23. The molecule has 0 saturated heterocycles. The summed E-state index contributed by atoms with van der Waals surface area (Å²) in [5.41, 5.74) is 0. The Labute approximate surface area is 537 Å². The van der Waals surface area contributed by atoms with Gasteiger partial charge in [-0.05, 0) is 122 Å². The number of hydrogen-bond acceptors (Lipinski definition) is 6. The van der Waals surface area contributed by atoms with Crippen LogP contribution in [0.4, 0.5) is 0 Å². The molecule has 0 aromatic heterocycles. The highest BCUT2D eigenvalue weighted by Crippen LogP contribution is 2.38. The highest BCUT2D eigenvalue weighted by molar-refractivity contribution is 7.45. The van der Waals surface area contributed by atoms with Gasteiger partial charge in [-0.25, -0.2) is 0 Å². The number of nitrogens with zero attached hydrogens (tertiary/aromatic N) is 1. The molecular weight excluding hydrogens is 1090 g/mol. The lowest BCUT2D eigenvalue weighted by atomic mass is 10.0. The second-order valence-electron chi connectivity index (χ2n) is 24.5. The summed E-state index contributed by atoms with van der Waals surface area (Å²) in [6.45, 7) is 4.48. The lowest BCUT2D eigenvalue weighted by Crippen LogP contribution is -2.45. The van der Waals surface area contributed by atoms with Crippen LogP contribution in [-0.4, -0.2) is 68.5 Å². The second kappa shape index (κ2) is 66.5. The number of aliphatic hydroxyl groups is 1. The van der Waals surface area contributed by atoms with Crippen LogP contribution in [0.15, 0.2) is 158 Å². The highest BCUT2D eigenvalue weighted by atomic mass is 31.2. The van der Waals surface area contributed by atoms with Crippen molar-refractivity contribution in [3.63, 3.8) is 0 Å². The van der Waals surface area contributed by atoms with Gasteiger partial charge < -0.3 is 28.8 Å². The number of allylic oxidation sites excluding steroid dienone is 25. The Kier molecular flexibility index (Phi) is 63.6. The van der Waals surface area contributed by atoms with Gasteiger partial charge in [0.2, 0.25) is 5.91 Å². The maximum Gasteiger partial charge on any atom is 0.268 e. The van der Waals surface area contributed by atoms with E-state index < -0.39 is 26.6 Å². The Morgan fingerprint density at radius 1 is 0.414 bits per heavy atom. The van der Waals surface area contributed by atoms with E-state index in [2.05, 4.69) is 165 Å². The third-order valence-corrected chi connectivity index (χ3v) is 15.9. The second-order valence-corrected chi connectivity index (χ2v) is 25.9. The van der Waals surface area contributed by atoms with Crippen LogP contribution in [0.5, 0.6) is 0 Å². The van der Waals surface area contributed by atoms with Gasteiger partial charge in [0.1, 0.15) is 13.2 Å². The summed E-state index contributed by atoms with van der Waals surface area (Å²) < 4.78 is 23.4. The molecule has 0 radical (unpaired) electrons. The molecule has 0 bridgehead atoms. The first-order valence-electron chi connectivity index (χ1n) is 35.3. The number of unbranched alkanes of at least 4 members (excludes halogenated alkanes) is 26. The molecule has 87 heavy (non-hydrogen) atoms. The predicted molar refractivity (Wildman–Crippen MR) is 380 cm³/mol. The van der Waals surface area contributed by atoms with Crippen molar-refractivity contribution in [3.8, 4) is 0 Å². The Balaban J connectivity index is 4.28. The molecule has 496 valence electrons. The van der Waals surface area contributed by atoms with E-state index >= 15 is 0 Å². The Morgan fingerprint density at radius 3 is 1.07 bits per heavy atom. The van der Waals surface area contributed by atoms with Gasteiger partial charge in [-0.1, -0.05) is 307 Å². The number of phosphoric acid groups is 1. The number of aliphatic hydroxyl groups excluding tert-OH is 1. The van der Waals surface area contributed by atoms with Crippen LogP contribution >= 0.6 is 7.82 Å².